The predicted molar refractivity (Wildman–Crippen MR) is 113 cm³/mol. The molecule has 1 aliphatic carbocycles. The maximum Gasteiger partial charge on any atom is 0.236 e. The molecule has 10 heteroatoms. The van der Waals surface area contributed by atoms with Crippen LogP contribution in [0.15, 0.2) is 29.4 Å². The Balaban J connectivity index is 1.34. The topological polar surface area (TPSA) is 94.8 Å². The third kappa shape index (κ3) is 4.94. The van der Waals surface area contributed by atoms with Crippen LogP contribution in [0.5, 0.6) is 5.75 Å². The molecule has 152 valence electrons. The van der Waals surface area contributed by atoms with Crippen molar-refractivity contribution in [2.24, 2.45) is 0 Å². The number of thioether (sulfide) groups is 1. The zero-order valence-corrected chi connectivity index (χ0v) is 17.9. The zero-order chi connectivity index (χ0) is 20.2. The van der Waals surface area contributed by atoms with Crippen LogP contribution in [0.4, 0.5) is 5.13 Å². The Kier molecular flexibility index (Phi) is 6.10. The molecular formula is C19H22N6O2S2. The SMILES string of the molecule is CCn1c(Cc2ccc(OC)cc2)nnc1SCC(=O)Nc1nnc(C2CC2)s1. The van der Waals surface area contributed by atoms with Crippen molar-refractivity contribution < 1.29 is 9.53 Å². The number of ether oxygens (including phenoxy) is 1. The summed E-state index contributed by atoms with van der Waals surface area (Å²) in [5.41, 5.74) is 1.13. The van der Waals surface area contributed by atoms with Crippen LogP contribution in [-0.4, -0.2) is 43.7 Å². The van der Waals surface area contributed by atoms with Gasteiger partial charge >= 0.3 is 0 Å². The molecule has 0 saturated heterocycles. The summed E-state index contributed by atoms with van der Waals surface area (Å²) in [5.74, 6) is 2.38. The lowest BCUT2D eigenvalue weighted by molar-refractivity contribution is -0.113. The number of hydrogen-bond donors (Lipinski definition) is 1. The number of carbonyl (C=O) groups is 1. The van der Waals surface area contributed by atoms with Gasteiger partial charge in [-0.15, -0.1) is 20.4 Å². The summed E-state index contributed by atoms with van der Waals surface area (Å²) in [4.78, 5) is 12.3. The van der Waals surface area contributed by atoms with Crippen LogP contribution in [-0.2, 0) is 17.8 Å². The van der Waals surface area contributed by atoms with Crippen molar-refractivity contribution in [3.8, 4) is 5.75 Å². The van der Waals surface area contributed by atoms with Gasteiger partial charge in [0.05, 0.1) is 12.9 Å². The number of nitrogens with zero attached hydrogens (tertiary/aromatic N) is 5. The summed E-state index contributed by atoms with van der Waals surface area (Å²) in [6.45, 7) is 2.79. The average Bonchev–Trinajstić information content (AvgIpc) is 3.37. The Bertz CT molecular complexity index is 981. The van der Waals surface area contributed by atoms with Gasteiger partial charge in [0.15, 0.2) is 5.16 Å². The second-order valence-corrected chi connectivity index (χ2v) is 8.68. The Morgan fingerprint density at radius 3 is 2.72 bits per heavy atom. The molecule has 1 amide bonds. The van der Waals surface area contributed by atoms with E-state index >= 15 is 0 Å². The maximum absolute atomic E-state index is 12.3. The normalized spacial score (nSPS) is 13.4. The molecule has 0 radical (unpaired) electrons. The number of benzene rings is 1. The van der Waals surface area contributed by atoms with E-state index in [1.165, 1.54) is 35.9 Å². The molecule has 1 saturated carbocycles. The number of anilines is 1. The number of amides is 1. The highest BCUT2D eigenvalue weighted by atomic mass is 32.2. The first-order valence-corrected chi connectivity index (χ1v) is 11.3. The van der Waals surface area contributed by atoms with Gasteiger partial charge in [-0.2, -0.15) is 0 Å². The van der Waals surface area contributed by atoms with Gasteiger partial charge in [-0.25, -0.2) is 0 Å². The van der Waals surface area contributed by atoms with Gasteiger partial charge < -0.3 is 9.30 Å². The number of methoxy groups -OCH3 is 1. The molecule has 1 fully saturated rings. The molecule has 8 nitrogen and oxygen atoms in total. The van der Waals surface area contributed by atoms with Crippen LogP contribution in [0.3, 0.4) is 0 Å². The lowest BCUT2D eigenvalue weighted by atomic mass is 10.1. The third-order valence-electron chi connectivity index (χ3n) is 4.58. The van der Waals surface area contributed by atoms with Crippen LogP contribution in [0, 0.1) is 0 Å². The first-order valence-electron chi connectivity index (χ1n) is 9.47. The molecule has 0 spiro atoms. The highest BCUT2D eigenvalue weighted by Gasteiger charge is 2.27. The fourth-order valence-electron chi connectivity index (χ4n) is 2.87. The summed E-state index contributed by atoms with van der Waals surface area (Å²) in [6, 6.07) is 7.91. The quantitative estimate of drug-likeness (QED) is 0.520. The van der Waals surface area contributed by atoms with Crippen molar-refractivity contribution in [3.05, 3.63) is 40.7 Å². The smallest absolute Gasteiger partial charge is 0.236 e. The number of rotatable bonds is 9. The Morgan fingerprint density at radius 2 is 2.03 bits per heavy atom. The summed E-state index contributed by atoms with van der Waals surface area (Å²) < 4.78 is 7.24. The first kappa shape index (κ1) is 19.8. The van der Waals surface area contributed by atoms with E-state index in [-0.39, 0.29) is 11.7 Å². The van der Waals surface area contributed by atoms with Crippen molar-refractivity contribution in [2.75, 3.05) is 18.2 Å². The highest BCUT2D eigenvalue weighted by molar-refractivity contribution is 7.99. The largest absolute Gasteiger partial charge is 0.497 e. The van der Waals surface area contributed by atoms with Gasteiger partial charge in [0.25, 0.3) is 0 Å². The lowest BCUT2D eigenvalue weighted by Crippen LogP contribution is -2.14. The van der Waals surface area contributed by atoms with E-state index in [2.05, 4.69) is 25.7 Å². The molecule has 4 rings (SSSR count). The van der Waals surface area contributed by atoms with Crippen LogP contribution >= 0.6 is 23.1 Å². The molecule has 0 bridgehead atoms. The standard InChI is InChI=1S/C19H22N6O2S2/c1-3-25-15(10-12-4-8-14(27-2)9-5-12)21-24-19(25)28-11-16(26)20-18-23-22-17(29-18)13-6-7-13/h4-5,8-9,13H,3,6-7,10-11H2,1-2H3,(H,20,23,26). The third-order valence-corrected chi connectivity index (χ3v) is 6.54. The molecule has 0 aliphatic heterocycles. The molecule has 3 aromatic rings. The monoisotopic (exact) mass is 430 g/mol. The summed E-state index contributed by atoms with van der Waals surface area (Å²) in [5, 5.41) is 21.9. The molecule has 29 heavy (non-hydrogen) atoms. The number of nitrogens with one attached hydrogen (secondary N) is 1. The van der Waals surface area contributed by atoms with E-state index in [0.717, 1.165) is 33.8 Å². The Morgan fingerprint density at radius 1 is 1.24 bits per heavy atom. The van der Waals surface area contributed by atoms with Gasteiger partial charge in [-0.1, -0.05) is 35.2 Å². The van der Waals surface area contributed by atoms with Crippen molar-refractivity contribution in [3.63, 3.8) is 0 Å². The van der Waals surface area contributed by atoms with Crippen molar-refractivity contribution in [1.29, 1.82) is 0 Å². The Labute approximate surface area is 177 Å². The minimum atomic E-state index is -0.115. The molecule has 0 atom stereocenters. The minimum absolute atomic E-state index is 0.115. The fourth-order valence-corrected chi connectivity index (χ4v) is 4.62. The second kappa shape index (κ2) is 8.91. The molecule has 0 unspecified atom stereocenters. The summed E-state index contributed by atoms with van der Waals surface area (Å²) >= 11 is 2.84. The van der Waals surface area contributed by atoms with Crippen molar-refractivity contribution >= 4 is 34.1 Å². The average molecular weight is 431 g/mol. The molecule has 1 aliphatic rings. The van der Waals surface area contributed by atoms with E-state index in [0.29, 0.717) is 17.5 Å². The molecule has 2 heterocycles. The van der Waals surface area contributed by atoms with Crippen molar-refractivity contribution in [1.82, 2.24) is 25.0 Å². The fraction of sp³-hybridized carbons (Fsp3) is 0.421. The van der Waals surface area contributed by atoms with Gasteiger partial charge in [-0.3, -0.25) is 10.1 Å². The number of hydrogen-bond acceptors (Lipinski definition) is 8. The Hall–Kier alpha value is -2.46. The van der Waals surface area contributed by atoms with Crippen molar-refractivity contribution in [2.45, 2.75) is 43.8 Å². The molecular weight excluding hydrogens is 408 g/mol. The van der Waals surface area contributed by atoms with Gasteiger partial charge in [-0.05, 0) is 37.5 Å². The minimum Gasteiger partial charge on any atom is -0.497 e. The van der Waals surface area contributed by atoms with Gasteiger partial charge in [0.2, 0.25) is 11.0 Å². The van der Waals surface area contributed by atoms with E-state index in [4.69, 9.17) is 4.74 Å². The maximum atomic E-state index is 12.3. The van der Waals surface area contributed by atoms with E-state index in [1.807, 2.05) is 35.8 Å². The van der Waals surface area contributed by atoms with Crippen LogP contribution in [0.1, 0.15) is 42.1 Å². The molecule has 1 N–H and O–H groups in total. The van der Waals surface area contributed by atoms with E-state index < -0.39 is 0 Å². The molecule has 2 aromatic heterocycles. The van der Waals surface area contributed by atoms with Gasteiger partial charge in [0, 0.05) is 18.9 Å². The van der Waals surface area contributed by atoms with Crippen LogP contribution in [0.2, 0.25) is 0 Å². The molecule has 1 aromatic carbocycles. The summed E-state index contributed by atoms with van der Waals surface area (Å²) in [7, 11) is 1.65. The lowest BCUT2D eigenvalue weighted by Gasteiger charge is -2.08. The zero-order valence-electron chi connectivity index (χ0n) is 16.3. The second-order valence-electron chi connectivity index (χ2n) is 6.72. The van der Waals surface area contributed by atoms with E-state index in [9.17, 15) is 4.79 Å². The number of aromatic nitrogens is 5. The van der Waals surface area contributed by atoms with Gasteiger partial charge in [0.1, 0.15) is 16.6 Å². The predicted octanol–water partition coefficient (Wildman–Crippen LogP) is 3.36. The van der Waals surface area contributed by atoms with Crippen LogP contribution < -0.4 is 10.1 Å². The highest BCUT2D eigenvalue weighted by Crippen LogP contribution is 2.42. The first-order chi connectivity index (χ1) is 14.2. The summed E-state index contributed by atoms with van der Waals surface area (Å²) in [6.07, 6.45) is 3.01. The number of carbonyl (C=O) groups excluding carboxylic acids is 1. The van der Waals surface area contributed by atoms with E-state index in [1.54, 1.807) is 7.11 Å². The van der Waals surface area contributed by atoms with Crippen LogP contribution in [0.25, 0.3) is 0 Å².